The highest BCUT2D eigenvalue weighted by Gasteiger charge is 2.19. The van der Waals surface area contributed by atoms with Crippen LogP contribution < -0.4 is 0 Å². The summed E-state index contributed by atoms with van der Waals surface area (Å²) in [5, 5.41) is 11.0. The van der Waals surface area contributed by atoms with Crippen molar-refractivity contribution in [2.24, 2.45) is 0 Å². The number of phenols is 1. The number of carbonyl (C=O) groups is 1. The highest BCUT2D eigenvalue weighted by molar-refractivity contribution is 6.31. The fourth-order valence-corrected chi connectivity index (χ4v) is 2.68. The third-order valence-electron chi connectivity index (χ3n) is 3.76. The van der Waals surface area contributed by atoms with Crippen molar-refractivity contribution in [3.8, 4) is 5.75 Å². The van der Waals surface area contributed by atoms with Crippen LogP contribution in [-0.2, 0) is 0 Å². The van der Waals surface area contributed by atoms with Crippen LogP contribution in [0.4, 0.5) is 0 Å². The number of hydrogen-bond donors (Lipinski definition) is 1. The molecule has 2 aromatic carbocycles. The number of phenolic OH excluding ortho intramolecular Hbond substituents is 1. The van der Waals surface area contributed by atoms with E-state index in [4.69, 9.17) is 11.6 Å². The zero-order valence-corrected chi connectivity index (χ0v) is 14.1. The van der Waals surface area contributed by atoms with Crippen LogP contribution in [0.1, 0.15) is 66.6 Å². The molecule has 2 nitrogen and oxygen atoms in total. The average molecular weight is 317 g/mol. The Kier molecular flexibility index (Phi) is 4.92. The second-order valence-electron chi connectivity index (χ2n) is 6.15. The SMILES string of the molecule is CC(C)c1cc(C(=O)c2cccc(Cl)c2)cc(C(C)C)c1O. The van der Waals surface area contributed by atoms with E-state index in [2.05, 4.69) is 0 Å². The number of halogens is 1. The first-order valence-corrected chi connectivity index (χ1v) is 7.86. The van der Waals surface area contributed by atoms with E-state index in [0.29, 0.717) is 21.9 Å². The van der Waals surface area contributed by atoms with Crippen molar-refractivity contribution in [1.29, 1.82) is 0 Å². The molecule has 0 unspecified atom stereocenters. The summed E-state index contributed by atoms with van der Waals surface area (Å²) in [5.41, 5.74) is 2.75. The lowest BCUT2D eigenvalue weighted by molar-refractivity contribution is 0.103. The Labute approximate surface area is 136 Å². The van der Waals surface area contributed by atoms with E-state index < -0.39 is 0 Å². The fraction of sp³-hybridized carbons (Fsp3) is 0.316. The molecular weight excluding hydrogens is 296 g/mol. The second kappa shape index (κ2) is 6.53. The van der Waals surface area contributed by atoms with Crippen LogP contribution >= 0.6 is 11.6 Å². The van der Waals surface area contributed by atoms with Crippen molar-refractivity contribution in [2.45, 2.75) is 39.5 Å². The third-order valence-corrected chi connectivity index (χ3v) is 4.00. The molecule has 0 spiro atoms. The van der Waals surface area contributed by atoms with Crippen molar-refractivity contribution in [3.05, 3.63) is 63.7 Å². The zero-order chi connectivity index (χ0) is 16.4. The lowest BCUT2D eigenvalue weighted by atomic mass is 9.89. The number of benzene rings is 2. The Balaban J connectivity index is 2.57. The molecule has 116 valence electrons. The van der Waals surface area contributed by atoms with Crippen molar-refractivity contribution < 1.29 is 9.90 Å². The smallest absolute Gasteiger partial charge is 0.193 e. The standard InChI is InChI=1S/C19H21ClO2/c1-11(2)16-9-14(10-17(12(3)4)19(16)22)18(21)13-6-5-7-15(20)8-13/h5-12,22H,1-4H3. The predicted octanol–water partition coefficient (Wildman–Crippen LogP) is 5.52. The Morgan fingerprint density at radius 2 is 1.50 bits per heavy atom. The monoisotopic (exact) mass is 316 g/mol. The van der Waals surface area contributed by atoms with E-state index in [9.17, 15) is 9.90 Å². The molecule has 0 bridgehead atoms. The minimum atomic E-state index is -0.0775. The van der Waals surface area contributed by atoms with Crippen molar-refractivity contribution in [2.75, 3.05) is 0 Å². The lowest BCUT2D eigenvalue weighted by Crippen LogP contribution is -2.05. The van der Waals surface area contributed by atoms with E-state index in [0.717, 1.165) is 11.1 Å². The summed E-state index contributed by atoms with van der Waals surface area (Å²) in [6, 6.07) is 10.5. The number of ketones is 1. The van der Waals surface area contributed by atoms with Crippen LogP contribution in [0.25, 0.3) is 0 Å². The first-order valence-electron chi connectivity index (χ1n) is 7.48. The van der Waals surface area contributed by atoms with Gasteiger partial charge in [-0.3, -0.25) is 4.79 Å². The Morgan fingerprint density at radius 1 is 0.955 bits per heavy atom. The number of aromatic hydroxyl groups is 1. The molecule has 22 heavy (non-hydrogen) atoms. The Bertz CT molecular complexity index is 673. The molecule has 0 amide bonds. The van der Waals surface area contributed by atoms with Gasteiger partial charge in [0.15, 0.2) is 5.78 Å². The molecule has 3 heteroatoms. The van der Waals surface area contributed by atoms with Crippen molar-refractivity contribution in [1.82, 2.24) is 0 Å². The summed E-state index contributed by atoms with van der Waals surface area (Å²) in [6.45, 7) is 8.03. The number of carbonyl (C=O) groups excluding carboxylic acids is 1. The average Bonchev–Trinajstić information content (AvgIpc) is 2.46. The van der Waals surface area contributed by atoms with E-state index in [1.165, 1.54) is 0 Å². The normalized spacial score (nSPS) is 11.2. The van der Waals surface area contributed by atoms with Crippen LogP contribution in [0.3, 0.4) is 0 Å². The van der Waals surface area contributed by atoms with Gasteiger partial charge in [-0.15, -0.1) is 0 Å². The van der Waals surface area contributed by atoms with Crippen LogP contribution in [-0.4, -0.2) is 10.9 Å². The van der Waals surface area contributed by atoms with Crippen LogP contribution in [0.15, 0.2) is 36.4 Å². The molecule has 2 rings (SSSR count). The van der Waals surface area contributed by atoms with Gasteiger partial charge in [-0.1, -0.05) is 51.4 Å². The quantitative estimate of drug-likeness (QED) is 0.754. The third kappa shape index (κ3) is 3.33. The van der Waals surface area contributed by atoms with Gasteiger partial charge in [0.1, 0.15) is 5.75 Å². The second-order valence-corrected chi connectivity index (χ2v) is 6.59. The summed E-state index contributed by atoms with van der Waals surface area (Å²) < 4.78 is 0. The van der Waals surface area contributed by atoms with Gasteiger partial charge < -0.3 is 5.11 Å². The van der Waals surface area contributed by atoms with Gasteiger partial charge in [-0.2, -0.15) is 0 Å². The summed E-state index contributed by atoms with van der Waals surface area (Å²) in [6.07, 6.45) is 0. The lowest BCUT2D eigenvalue weighted by Gasteiger charge is -2.17. The predicted molar refractivity (Wildman–Crippen MR) is 91.2 cm³/mol. The first kappa shape index (κ1) is 16.6. The molecule has 0 atom stereocenters. The van der Waals surface area contributed by atoms with Crippen LogP contribution in [0.5, 0.6) is 5.75 Å². The van der Waals surface area contributed by atoms with Gasteiger partial charge in [-0.05, 0) is 47.2 Å². The minimum Gasteiger partial charge on any atom is -0.507 e. The summed E-state index contributed by atoms with van der Waals surface area (Å²) in [7, 11) is 0. The summed E-state index contributed by atoms with van der Waals surface area (Å²) in [5.74, 6) is 0.508. The van der Waals surface area contributed by atoms with E-state index in [1.54, 1.807) is 36.4 Å². The molecular formula is C19H21ClO2. The minimum absolute atomic E-state index is 0.0775. The van der Waals surface area contributed by atoms with E-state index in [-0.39, 0.29) is 17.6 Å². The van der Waals surface area contributed by atoms with Crippen molar-refractivity contribution in [3.63, 3.8) is 0 Å². The Morgan fingerprint density at radius 3 is 1.95 bits per heavy atom. The largest absolute Gasteiger partial charge is 0.507 e. The molecule has 0 saturated heterocycles. The van der Waals surface area contributed by atoms with Gasteiger partial charge in [0.25, 0.3) is 0 Å². The molecule has 0 aliphatic heterocycles. The van der Waals surface area contributed by atoms with Crippen LogP contribution in [0.2, 0.25) is 5.02 Å². The van der Waals surface area contributed by atoms with E-state index in [1.807, 2.05) is 27.7 Å². The van der Waals surface area contributed by atoms with Gasteiger partial charge in [-0.25, -0.2) is 0 Å². The fourth-order valence-electron chi connectivity index (χ4n) is 2.49. The van der Waals surface area contributed by atoms with Crippen molar-refractivity contribution >= 4 is 17.4 Å². The maximum Gasteiger partial charge on any atom is 0.193 e. The molecule has 1 N–H and O–H groups in total. The molecule has 0 aromatic heterocycles. The van der Waals surface area contributed by atoms with Gasteiger partial charge in [0.2, 0.25) is 0 Å². The highest BCUT2D eigenvalue weighted by Crippen LogP contribution is 2.35. The van der Waals surface area contributed by atoms with Gasteiger partial charge in [0, 0.05) is 16.1 Å². The summed E-state index contributed by atoms with van der Waals surface area (Å²) >= 11 is 5.97. The molecule has 2 aromatic rings. The maximum absolute atomic E-state index is 12.7. The van der Waals surface area contributed by atoms with E-state index >= 15 is 0 Å². The summed E-state index contributed by atoms with van der Waals surface area (Å²) in [4.78, 5) is 12.7. The molecule has 0 saturated carbocycles. The highest BCUT2D eigenvalue weighted by atomic mass is 35.5. The Hall–Kier alpha value is -1.80. The van der Waals surface area contributed by atoms with Crippen LogP contribution in [0, 0.1) is 0 Å². The maximum atomic E-state index is 12.7. The zero-order valence-electron chi connectivity index (χ0n) is 13.4. The molecule has 0 aliphatic rings. The number of rotatable bonds is 4. The van der Waals surface area contributed by atoms with Gasteiger partial charge >= 0.3 is 0 Å². The molecule has 0 fully saturated rings. The molecule has 0 heterocycles. The topological polar surface area (TPSA) is 37.3 Å². The molecule has 0 radical (unpaired) electrons. The molecule has 0 aliphatic carbocycles. The number of hydrogen-bond acceptors (Lipinski definition) is 2. The van der Waals surface area contributed by atoms with Gasteiger partial charge in [0.05, 0.1) is 0 Å². The first-order chi connectivity index (χ1) is 10.3.